The van der Waals surface area contributed by atoms with Crippen LogP contribution in [0.1, 0.15) is 50.7 Å². The summed E-state index contributed by atoms with van der Waals surface area (Å²) in [5.41, 5.74) is 1.52. The molecule has 2 N–H and O–H groups in total. The predicted molar refractivity (Wildman–Crippen MR) is 126 cm³/mol. The Morgan fingerprint density at radius 1 is 1.33 bits per heavy atom. The van der Waals surface area contributed by atoms with Crippen LogP contribution in [0.2, 0.25) is 0 Å². The molecule has 1 amide bonds. The number of carbonyl (C=O) groups excluding carboxylic acids is 1. The summed E-state index contributed by atoms with van der Waals surface area (Å²) in [5.74, 6) is 0.808. The van der Waals surface area contributed by atoms with Crippen molar-refractivity contribution in [3.63, 3.8) is 0 Å². The van der Waals surface area contributed by atoms with E-state index in [4.69, 9.17) is 0 Å². The Morgan fingerprint density at radius 3 is 2.77 bits per heavy atom. The van der Waals surface area contributed by atoms with Gasteiger partial charge in [-0.05, 0) is 46.1 Å². The molecule has 1 fully saturated rings. The topological polar surface area (TPSA) is 66.0 Å². The van der Waals surface area contributed by atoms with Gasteiger partial charge in [0.25, 0.3) is 0 Å². The van der Waals surface area contributed by atoms with Gasteiger partial charge in [-0.2, -0.15) is 8.78 Å². The molecule has 170 valence electrons. The van der Waals surface area contributed by atoms with Crippen LogP contribution < -0.4 is 15.4 Å². The largest absolute Gasteiger partial charge is 0.434 e. The van der Waals surface area contributed by atoms with Crippen molar-refractivity contribution < 1.29 is 18.3 Å². The highest BCUT2D eigenvalue weighted by atomic mass is 127. The van der Waals surface area contributed by atoms with Gasteiger partial charge in [0.05, 0.1) is 6.54 Å². The van der Waals surface area contributed by atoms with E-state index >= 15 is 0 Å². The van der Waals surface area contributed by atoms with Gasteiger partial charge in [-0.25, -0.2) is 4.99 Å². The highest BCUT2D eigenvalue weighted by molar-refractivity contribution is 14.0. The molecule has 1 unspecified atom stereocenters. The van der Waals surface area contributed by atoms with Gasteiger partial charge in [0.1, 0.15) is 5.75 Å². The molecule has 30 heavy (non-hydrogen) atoms. The number of carbonyl (C=O) groups is 1. The molecule has 1 aromatic carbocycles. The number of nitrogens with zero attached hydrogens (tertiary/aromatic N) is 2. The van der Waals surface area contributed by atoms with Crippen LogP contribution >= 0.6 is 24.0 Å². The first kappa shape index (κ1) is 26.4. The standard InChI is InChI=1S/C21H32F2N4O2.HI/c1-4-24-21(25-11-10-19(28)27-12-6-5-7-16(27)3)26-14-17-13-15(2)8-9-18(17)29-20(22)23;/h8-9,13,16,20H,4-7,10-12,14H2,1-3H3,(H2,24,25,26);1H. The maximum absolute atomic E-state index is 12.6. The fourth-order valence-corrected chi connectivity index (χ4v) is 3.45. The number of alkyl halides is 2. The lowest BCUT2D eigenvalue weighted by Gasteiger charge is -2.33. The molecule has 0 aliphatic carbocycles. The Balaban J connectivity index is 0.00000450. The quantitative estimate of drug-likeness (QED) is 0.298. The minimum Gasteiger partial charge on any atom is -0.434 e. The molecule has 1 aliphatic rings. The normalized spacial score (nSPS) is 16.8. The maximum Gasteiger partial charge on any atom is 0.387 e. The molecule has 2 rings (SSSR count). The summed E-state index contributed by atoms with van der Waals surface area (Å²) in [4.78, 5) is 18.9. The fourth-order valence-electron chi connectivity index (χ4n) is 3.45. The van der Waals surface area contributed by atoms with E-state index in [1.807, 2.05) is 18.7 Å². The van der Waals surface area contributed by atoms with E-state index in [9.17, 15) is 13.6 Å². The summed E-state index contributed by atoms with van der Waals surface area (Å²) >= 11 is 0. The van der Waals surface area contributed by atoms with Gasteiger partial charge in [0.15, 0.2) is 5.96 Å². The van der Waals surface area contributed by atoms with Crippen LogP contribution in [-0.4, -0.2) is 49.1 Å². The van der Waals surface area contributed by atoms with Gasteiger partial charge in [-0.3, -0.25) is 4.79 Å². The lowest BCUT2D eigenvalue weighted by molar-refractivity contribution is -0.134. The van der Waals surface area contributed by atoms with Crippen molar-refractivity contribution in [3.05, 3.63) is 29.3 Å². The SMILES string of the molecule is CCNC(=NCc1cc(C)ccc1OC(F)F)NCCC(=O)N1CCCCC1C.I. The van der Waals surface area contributed by atoms with Crippen LogP contribution in [0.15, 0.2) is 23.2 Å². The fraction of sp³-hybridized carbons (Fsp3) is 0.619. The number of hydrogen-bond acceptors (Lipinski definition) is 3. The van der Waals surface area contributed by atoms with Crippen molar-refractivity contribution in [1.29, 1.82) is 0 Å². The average Bonchev–Trinajstić information content (AvgIpc) is 2.67. The van der Waals surface area contributed by atoms with Crippen molar-refractivity contribution >= 4 is 35.8 Å². The number of ether oxygens (including phenoxy) is 1. The van der Waals surface area contributed by atoms with E-state index in [1.165, 1.54) is 12.5 Å². The number of halogens is 3. The minimum atomic E-state index is -2.88. The summed E-state index contributed by atoms with van der Waals surface area (Å²) < 4.78 is 29.8. The average molecular weight is 538 g/mol. The first-order valence-corrected chi connectivity index (χ1v) is 10.3. The zero-order valence-electron chi connectivity index (χ0n) is 17.9. The lowest BCUT2D eigenvalue weighted by atomic mass is 10.0. The predicted octanol–water partition coefficient (Wildman–Crippen LogP) is 4.06. The highest BCUT2D eigenvalue weighted by Gasteiger charge is 2.22. The number of piperidine rings is 1. The number of aryl methyl sites for hydroxylation is 1. The lowest BCUT2D eigenvalue weighted by Crippen LogP contribution is -2.44. The second-order valence-electron chi connectivity index (χ2n) is 7.29. The third-order valence-corrected chi connectivity index (χ3v) is 4.94. The van der Waals surface area contributed by atoms with Crippen molar-refractivity contribution in [2.45, 2.75) is 65.7 Å². The zero-order chi connectivity index (χ0) is 21.2. The highest BCUT2D eigenvalue weighted by Crippen LogP contribution is 2.23. The molecule has 0 saturated carbocycles. The van der Waals surface area contributed by atoms with Crippen molar-refractivity contribution in [2.24, 2.45) is 4.99 Å². The van der Waals surface area contributed by atoms with Gasteiger partial charge in [0, 0.05) is 37.7 Å². The summed E-state index contributed by atoms with van der Waals surface area (Å²) in [6.45, 7) is 5.17. The van der Waals surface area contributed by atoms with E-state index in [0.717, 1.165) is 24.9 Å². The number of rotatable bonds is 8. The number of amides is 1. The monoisotopic (exact) mass is 538 g/mol. The Labute approximate surface area is 194 Å². The minimum absolute atomic E-state index is 0. The Morgan fingerprint density at radius 2 is 2.10 bits per heavy atom. The summed E-state index contributed by atoms with van der Waals surface area (Å²) in [7, 11) is 0. The smallest absolute Gasteiger partial charge is 0.387 e. The van der Waals surface area contributed by atoms with Crippen molar-refractivity contribution in [2.75, 3.05) is 19.6 Å². The molecule has 1 saturated heterocycles. The molecule has 1 heterocycles. The van der Waals surface area contributed by atoms with Crippen LogP contribution in [0.5, 0.6) is 5.75 Å². The number of hydrogen-bond donors (Lipinski definition) is 2. The van der Waals surface area contributed by atoms with Crippen LogP contribution in [0, 0.1) is 6.92 Å². The van der Waals surface area contributed by atoms with Gasteiger partial charge in [-0.15, -0.1) is 24.0 Å². The first-order chi connectivity index (χ1) is 13.9. The van der Waals surface area contributed by atoms with E-state index in [-0.39, 0.29) is 42.2 Å². The number of guanidine groups is 1. The van der Waals surface area contributed by atoms with E-state index in [1.54, 1.807) is 12.1 Å². The second kappa shape index (κ2) is 13.6. The molecule has 9 heteroatoms. The van der Waals surface area contributed by atoms with E-state index < -0.39 is 6.61 Å². The molecule has 0 bridgehead atoms. The third kappa shape index (κ3) is 8.61. The Bertz CT molecular complexity index is 704. The second-order valence-corrected chi connectivity index (χ2v) is 7.29. The molecule has 1 aliphatic heterocycles. The van der Waals surface area contributed by atoms with Crippen LogP contribution in [0.25, 0.3) is 0 Å². The van der Waals surface area contributed by atoms with Crippen LogP contribution in [-0.2, 0) is 11.3 Å². The number of likely N-dealkylation sites (tertiary alicyclic amines) is 1. The molecule has 6 nitrogen and oxygen atoms in total. The number of nitrogens with one attached hydrogen (secondary N) is 2. The molecule has 0 radical (unpaired) electrons. The Hall–Kier alpha value is -1.65. The zero-order valence-corrected chi connectivity index (χ0v) is 20.2. The van der Waals surface area contributed by atoms with Gasteiger partial charge in [0.2, 0.25) is 5.91 Å². The summed E-state index contributed by atoms with van der Waals surface area (Å²) in [6.07, 6.45) is 3.69. The van der Waals surface area contributed by atoms with E-state index in [2.05, 4.69) is 27.3 Å². The van der Waals surface area contributed by atoms with Gasteiger partial charge < -0.3 is 20.3 Å². The number of benzene rings is 1. The molecule has 0 spiro atoms. The van der Waals surface area contributed by atoms with Gasteiger partial charge >= 0.3 is 6.61 Å². The van der Waals surface area contributed by atoms with Crippen LogP contribution in [0.3, 0.4) is 0 Å². The molecular weight excluding hydrogens is 505 g/mol. The molecule has 0 aromatic heterocycles. The maximum atomic E-state index is 12.6. The molecular formula is C21H33F2IN4O2. The van der Waals surface area contributed by atoms with Crippen molar-refractivity contribution in [1.82, 2.24) is 15.5 Å². The summed E-state index contributed by atoms with van der Waals surface area (Å²) in [5, 5.41) is 6.27. The van der Waals surface area contributed by atoms with Crippen molar-refractivity contribution in [3.8, 4) is 5.75 Å². The Kier molecular flexibility index (Phi) is 12.0. The number of aliphatic imine (C=N–C) groups is 1. The van der Waals surface area contributed by atoms with Crippen LogP contribution in [0.4, 0.5) is 8.78 Å². The third-order valence-electron chi connectivity index (χ3n) is 4.94. The summed E-state index contributed by atoms with van der Waals surface area (Å²) in [6, 6.07) is 5.34. The molecule has 1 atom stereocenters. The molecule has 1 aromatic rings. The van der Waals surface area contributed by atoms with E-state index in [0.29, 0.717) is 37.1 Å². The first-order valence-electron chi connectivity index (χ1n) is 10.3. The van der Waals surface area contributed by atoms with Gasteiger partial charge in [-0.1, -0.05) is 17.7 Å².